The highest BCUT2D eigenvalue weighted by molar-refractivity contribution is 6.31. The number of hydrogen-bond acceptors (Lipinski definition) is 4. The molecule has 0 unspecified atom stereocenters. The summed E-state index contributed by atoms with van der Waals surface area (Å²) in [6, 6.07) is 3.34. The van der Waals surface area contributed by atoms with Crippen molar-refractivity contribution in [2.45, 2.75) is 20.3 Å². The van der Waals surface area contributed by atoms with Gasteiger partial charge in [0.15, 0.2) is 6.61 Å². The molecule has 0 aliphatic heterocycles. The molecular weight excluding hydrogens is 294 g/mol. The standard InChI is InChI=1S/C15H18ClNO4/c1-8-4-10(8)15(19)21-7-14(18)17-12-5-9(2)11(16)6-13(12)20-3/h5-6,8,10H,4,7H2,1-3H3,(H,17,18)/t8-,10+/m0/s1. The Bertz CT molecular complexity index is 573. The zero-order valence-electron chi connectivity index (χ0n) is 12.2. The first kappa shape index (κ1) is 15.6. The lowest BCUT2D eigenvalue weighted by Crippen LogP contribution is -2.22. The topological polar surface area (TPSA) is 64.6 Å². The molecule has 1 saturated carbocycles. The third-order valence-corrected chi connectivity index (χ3v) is 3.92. The number of rotatable bonds is 5. The highest BCUT2D eigenvalue weighted by Gasteiger charge is 2.40. The summed E-state index contributed by atoms with van der Waals surface area (Å²) in [5.74, 6) is 0.0550. The molecule has 5 nitrogen and oxygen atoms in total. The predicted molar refractivity (Wildman–Crippen MR) is 79.6 cm³/mol. The lowest BCUT2D eigenvalue weighted by molar-refractivity contribution is -0.148. The van der Waals surface area contributed by atoms with Gasteiger partial charge in [0.25, 0.3) is 5.91 Å². The van der Waals surface area contributed by atoms with E-state index in [4.69, 9.17) is 21.1 Å². The molecule has 2 atom stereocenters. The van der Waals surface area contributed by atoms with Crippen molar-refractivity contribution >= 4 is 29.2 Å². The lowest BCUT2D eigenvalue weighted by Gasteiger charge is -2.12. The number of carbonyl (C=O) groups excluding carboxylic acids is 2. The minimum Gasteiger partial charge on any atom is -0.495 e. The van der Waals surface area contributed by atoms with Gasteiger partial charge < -0.3 is 14.8 Å². The van der Waals surface area contributed by atoms with Crippen molar-refractivity contribution in [3.63, 3.8) is 0 Å². The van der Waals surface area contributed by atoms with Crippen molar-refractivity contribution in [3.05, 3.63) is 22.7 Å². The van der Waals surface area contributed by atoms with Crippen LogP contribution in [0.4, 0.5) is 5.69 Å². The molecule has 0 spiro atoms. The van der Waals surface area contributed by atoms with Gasteiger partial charge in [0.1, 0.15) is 5.75 Å². The predicted octanol–water partition coefficient (Wildman–Crippen LogP) is 2.79. The van der Waals surface area contributed by atoms with Crippen LogP contribution in [0.1, 0.15) is 18.9 Å². The molecule has 0 radical (unpaired) electrons. The van der Waals surface area contributed by atoms with Crippen LogP contribution in [0.3, 0.4) is 0 Å². The Morgan fingerprint density at radius 2 is 2.10 bits per heavy atom. The minimum absolute atomic E-state index is 0.0508. The van der Waals surface area contributed by atoms with Crippen molar-refractivity contribution in [1.29, 1.82) is 0 Å². The Morgan fingerprint density at radius 3 is 2.67 bits per heavy atom. The van der Waals surface area contributed by atoms with Crippen LogP contribution in [0.15, 0.2) is 12.1 Å². The van der Waals surface area contributed by atoms with E-state index in [2.05, 4.69) is 5.32 Å². The van der Waals surface area contributed by atoms with Gasteiger partial charge in [-0.3, -0.25) is 9.59 Å². The number of aryl methyl sites for hydroxylation is 1. The zero-order chi connectivity index (χ0) is 15.6. The van der Waals surface area contributed by atoms with Crippen LogP contribution in [-0.2, 0) is 14.3 Å². The highest BCUT2D eigenvalue weighted by atomic mass is 35.5. The Kier molecular flexibility index (Phi) is 4.73. The average Bonchev–Trinajstić information content (AvgIpc) is 3.17. The number of esters is 1. The Labute approximate surface area is 128 Å². The van der Waals surface area contributed by atoms with E-state index in [1.54, 1.807) is 12.1 Å². The van der Waals surface area contributed by atoms with Crippen LogP contribution in [0.25, 0.3) is 0 Å². The van der Waals surface area contributed by atoms with Gasteiger partial charge in [0.05, 0.1) is 18.7 Å². The summed E-state index contributed by atoms with van der Waals surface area (Å²) in [5, 5.41) is 3.21. The van der Waals surface area contributed by atoms with E-state index < -0.39 is 5.91 Å². The van der Waals surface area contributed by atoms with E-state index in [9.17, 15) is 9.59 Å². The van der Waals surface area contributed by atoms with Crippen LogP contribution < -0.4 is 10.1 Å². The number of halogens is 1. The summed E-state index contributed by atoms with van der Waals surface area (Å²) < 4.78 is 10.1. The smallest absolute Gasteiger partial charge is 0.309 e. The van der Waals surface area contributed by atoms with Crippen molar-refractivity contribution in [2.24, 2.45) is 11.8 Å². The number of benzene rings is 1. The molecule has 0 aromatic heterocycles. The Morgan fingerprint density at radius 1 is 1.43 bits per heavy atom. The van der Waals surface area contributed by atoms with E-state index >= 15 is 0 Å². The minimum atomic E-state index is -0.406. The van der Waals surface area contributed by atoms with Crippen LogP contribution in [0.2, 0.25) is 5.02 Å². The molecule has 1 amide bonds. The van der Waals surface area contributed by atoms with Crippen molar-refractivity contribution in [2.75, 3.05) is 19.0 Å². The second kappa shape index (κ2) is 6.35. The summed E-state index contributed by atoms with van der Waals surface area (Å²) in [6.07, 6.45) is 0.838. The molecule has 0 bridgehead atoms. The number of carbonyl (C=O) groups is 2. The number of amides is 1. The van der Waals surface area contributed by atoms with E-state index in [1.165, 1.54) is 7.11 Å². The third-order valence-electron chi connectivity index (χ3n) is 3.51. The van der Waals surface area contributed by atoms with Gasteiger partial charge in [-0.05, 0) is 30.9 Å². The van der Waals surface area contributed by atoms with Crippen LogP contribution >= 0.6 is 11.6 Å². The van der Waals surface area contributed by atoms with Gasteiger partial charge in [-0.2, -0.15) is 0 Å². The van der Waals surface area contributed by atoms with Gasteiger partial charge in [-0.15, -0.1) is 0 Å². The third kappa shape index (κ3) is 3.88. The summed E-state index contributed by atoms with van der Waals surface area (Å²) in [4.78, 5) is 23.4. The quantitative estimate of drug-likeness (QED) is 0.849. The maximum atomic E-state index is 11.8. The largest absolute Gasteiger partial charge is 0.495 e. The van der Waals surface area contributed by atoms with Crippen molar-refractivity contribution < 1.29 is 19.1 Å². The molecule has 0 heterocycles. The normalized spacial score (nSPS) is 19.8. The molecule has 1 N–H and O–H groups in total. The fourth-order valence-electron chi connectivity index (χ4n) is 2.01. The molecule has 6 heteroatoms. The fourth-order valence-corrected chi connectivity index (χ4v) is 2.16. The molecule has 1 aliphatic rings. The van der Waals surface area contributed by atoms with Gasteiger partial charge in [0.2, 0.25) is 0 Å². The molecule has 21 heavy (non-hydrogen) atoms. The number of methoxy groups -OCH3 is 1. The van der Waals surface area contributed by atoms with Gasteiger partial charge in [-0.1, -0.05) is 18.5 Å². The first-order valence-electron chi connectivity index (χ1n) is 6.73. The molecule has 114 valence electrons. The van der Waals surface area contributed by atoms with Gasteiger partial charge in [0, 0.05) is 11.1 Å². The molecule has 1 aromatic carbocycles. The maximum absolute atomic E-state index is 11.8. The SMILES string of the molecule is COc1cc(Cl)c(C)cc1NC(=O)COC(=O)[C@@H]1C[C@@H]1C. The first-order valence-corrected chi connectivity index (χ1v) is 7.10. The first-order chi connectivity index (χ1) is 9.92. The summed E-state index contributed by atoms with van der Waals surface area (Å²) in [7, 11) is 1.49. The monoisotopic (exact) mass is 311 g/mol. The Hall–Kier alpha value is -1.75. The lowest BCUT2D eigenvalue weighted by atomic mass is 10.2. The number of hydrogen-bond donors (Lipinski definition) is 1. The summed E-state index contributed by atoms with van der Waals surface area (Å²) >= 11 is 6.00. The van der Waals surface area contributed by atoms with Crippen LogP contribution in [-0.4, -0.2) is 25.6 Å². The molecule has 1 aliphatic carbocycles. The van der Waals surface area contributed by atoms with Crippen molar-refractivity contribution in [3.8, 4) is 5.75 Å². The number of nitrogens with one attached hydrogen (secondary N) is 1. The number of ether oxygens (including phenoxy) is 2. The van der Waals surface area contributed by atoms with Crippen LogP contribution in [0, 0.1) is 18.8 Å². The van der Waals surface area contributed by atoms with E-state index in [-0.39, 0.29) is 18.5 Å². The maximum Gasteiger partial charge on any atom is 0.309 e. The second-order valence-electron chi connectivity index (χ2n) is 5.28. The van der Waals surface area contributed by atoms with Gasteiger partial charge in [-0.25, -0.2) is 0 Å². The summed E-state index contributed by atoms with van der Waals surface area (Å²) in [5.41, 5.74) is 1.32. The Balaban J connectivity index is 1.93. The molecule has 2 rings (SSSR count). The van der Waals surface area contributed by atoms with E-state index in [0.717, 1.165) is 12.0 Å². The van der Waals surface area contributed by atoms with Crippen molar-refractivity contribution in [1.82, 2.24) is 0 Å². The second-order valence-corrected chi connectivity index (χ2v) is 5.68. The molecular formula is C15H18ClNO4. The summed E-state index contributed by atoms with van der Waals surface area (Å²) in [6.45, 7) is 3.51. The highest BCUT2D eigenvalue weighted by Crippen LogP contribution is 2.38. The number of anilines is 1. The van der Waals surface area contributed by atoms with E-state index in [0.29, 0.717) is 22.4 Å². The van der Waals surface area contributed by atoms with Crippen LogP contribution in [0.5, 0.6) is 5.75 Å². The molecule has 1 aromatic rings. The zero-order valence-corrected chi connectivity index (χ0v) is 13.0. The van der Waals surface area contributed by atoms with E-state index in [1.807, 2.05) is 13.8 Å². The molecule has 0 saturated heterocycles. The fraction of sp³-hybridized carbons (Fsp3) is 0.467. The van der Waals surface area contributed by atoms with Gasteiger partial charge >= 0.3 is 5.97 Å². The average molecular weight is 312 g/mol. The molecule has 1 fully saturated rings.